The minimum Gasteiger partial charge on any atom is -0.508 e. The topological polar surface area (TPSA) is 58.6 Å². The largest absolute Gasteiger partial charge is 0.508 e. The number of rotatable bonds is 4. The van der Waals surface area contributed by atoms with Crippen LogP contribution in [0, 0.1) is 0 Å². The molecule has 0 aliphatic carbocycles. The molecule has 1 atom stereocenters. The van der Waals surface area contributed by atoms with Crippen LogP contribution in [0.4, 0.5) is 5.69 Å². The molecule has 2 rings (SSSR count). The van der Waals surface area contributed by atoms with E-state index < -0.39 is 11.5 Å². The molecule has 0 aromatic heterocycles. The van der Waals surface area contributed by atoms with Gasteiger partial charge in [-0.25, -0.2) is 4.79 Å². The molecule has 2 N–H and O–H groups in total. The average Bonchev–Trinajstić information content (AvgIpc) is 2.48. The normalized spacial score (nSPS) is 13.3. The van der Waals surface area contributed by atoms with Crippen LogP contribution in [0.2, 0.25) is 0 Å². The van der Waals surface area contributed by atoms with Crippen LogP contribution in [0.25, 0.3) is 0 Å². The molecule has 2 aromatic rings. The summed E-state index contributed by atoms with van der Waals surface area (Å²) in [7, 11) is 1.34. The van der Waals surface area contributed by atoms with Gasteiger partial charge >= 0.3 is 5.97 Å². The molecule has 21 heavy (non-hydrogen) atoms. The third kappa shape index (κ3) is 3.36. The summed E-state index contributed by atoms with van der Waals surface area (Å²) in [6, 6.07) is 14.0. The maximum absolute atomic E-state index is 12.2. The number of hydrogen-bond donors (Lipinski definition) is 2. The fraction of sp³-hybridized carbons (Fsp3) is 0.188. The summed E-state index contributed by atoms with van der Waals surface area (Å²) in [4.78, 5) is 12.2. The average molecular weight is 350 g/mol. The first kappa shape index (κ1) is 15.4. The second-order valence-electron chi connectivity index (χ2n) is 4.80. The van der Waals surface area contributed by atoms with Gasteiger partial charge in [0.1, 0.15) is 5.75 Å². The van der Waals surface area contributed by atoms with Crippen molar-refractivity contribution in [3.63, 3.8) is 0 Å². The van der Waals surface area contributed by atoms with Crippen LogP contribution in [0.3, 0.4) is 0 Å². The van der Waals surface area contributed by atoms with E-state index in [1.807, 2.05) is 24.3 Å². The number of anilines is 1. The van der Waals surface area contributed by atoms with Gasteiger partial charge in [0.05, 0.1) is 7.11 Å². The minimum absolute atomic E-state index is 0.0974. The Labute approximate surface area is 131 Å². The first-order valence-electron chi connectivity index (χ1n) is 6.37. The molecular formula is C16H16BrNO3. The highest BCUT2D eigenvalue weighted by Gasteiger charge is 2.36. The summed E-state index contributed by atoms with van der Waals surface area (Å²) < 4.78 is 5.86. The number of methoxy groups -OCH3 is 1. The lowest BCUT2D eigenvalue weighted by molar-refractivity contribution is -0.145. The number of phenols is 1. The van der Waals surface area contributed by atoms with Crippen molar-refractivity contribution in [3.05, 3.63) is 58.6 Å². The Hall–Kier alpha value is -2.01. The Balaban J connectivity index is 2.42. The van der Waals surface area contributed by atoms with Gasteiger partial charge in [0.25, 0.3) is 0 Å². The van der Waals surface area contributed by atoms with Crippen molar-refractivity contribution in [2.75, 3.05) is 12.4 Å². The maximum Gasteiger partial charge on any atom is 0.335 e. The molecule has 0 aliphatic rings. The number of esters is 1. The second kappa shape index (κ2) is 6.18. The van der Waals surface area contributed by atoms with Crippen molar-refractivity contribution in [2.45, 2.75) is 12.5 Å². The highest BCUT2D eigenvalue weighted by molar-refractivity contribution is 9.10. The fourth-order valence-corrected chi connectivity index (χ4v) is 2.35. The number of phenolic OH excluding ortho intramolecular Hbond substituents is 1. The summed E-state index contributed by atoms with van der Waals surface area (Å²) >= 11 is 3.37. The van der Waals surface area contributed by atoms with E-state index in [9.17, 15) is 9.90 Å². The Bertz CT molecular complexity index is 642. The summed E-state index contributed by atoms with van der Waals surface area (Å²) in [5.41, 5.74) is 0.299. The summed E-state index contributed by atoms with van der Waals surface area (Å²) in [6.45, 7) is 1.72. The Morgan fingerprint density at radius 2 is 1.90 bits per heavy atom. The molecule has 0 bridgehead atoms. The van der Waals surface area contributed by atoms with E-state index in [2.05, 4.69) is 21.2 Å². The molecule has 0 saturated heterocycles. The highest BCUT2D eigenvalue weighted by Crippen LogP contribution is 2.30. The first-order chi connectivity index (χ1) is 9.95. The van der Waals surface area contributed by atoms with Gasteiger partial charge in [-0.2, -0.15) is 0 Å². The third-order valence-corrected chi connectivity index (χ3v) is 3.78. The quantitative estimate of drug-likeness (QED) is 0.827. The number of ether oxygens (including phenoxy) is 1. The van der Waals surface area contributed by atoms with Crippen LogP contribution in [0.1, 0.15) is 12.5 Å². The van der Waals surface area contributed by atoms with Gasteiger partial charge in [-0.3, -0.25) is 0 Å². The van der Waals surface area contributed by atoms with E-state index in [-0.39, 0.29) is 5.75 Å². The highest BCUT2D eigenvalue weighted by atomic mass is 79.9. The van der Waals surface area contributed by atoms with Gasteiger partial charge in [0, 0.05) is 10.2 Å². The van der Waals surface area contributed by atoms with Gasteiger partial charge in [-0.15, -0.1) is 0 Å². The standard InChI is InChI=1S/C16H16BrNO3/c1-16(15(20)21-2,11-4-3-5-14(19)10-11)18-13-8-6-12(17)7-9-13/h3-10,18-19H,1-2H3. The molecule has 5 heteroatoms. The van der Waals surface area contributed by atoms with Crippen molar-refractivity contribution in [1.29, 1.82) is 0 Å². The van der Waals surface area contributed by atoms with Crippen LogP contribution >= 0.6 is 15.9 Å². The SMILES string of the molecule is COC(=O)C(C)(Nc1ccc(Br)cc1)c1cccc(O)c1. The summed E-state index contributed by atoms with van der Waals surface area (Å²) in [6.07, 6.45) is 0. The lowest BCUT2D eigenvalue weighted by Crippen LogP contribution is -2.41. The van der Waals surface area contributed by atoms with E-state index in [1.165, 1.54) is 7.11 Å². The number of aromatic hydroxyl groups is 1. The van der Waals surface area contributed by atoms with E-state index >= 15 is 0 Å². The molecule has 0 saturated carbocycles. The molecule has 110 valence electrons. The molecule has 4 nitrogen and oxygen atoms in total. The van der Waals surface area contributed by atoms with Crippen molar-refractivity contribution in [2.24, 2.45) is 0 Å². The smallest absolute Gasteiger partial charge is 0.335 e. The fourth-order valence-electron chi connectivity index (χ4n) is 2.08. The predicted molar refractivity (Wildman–Crippen MR) is 85.2 cm³/mol. The molecule has 2 aromatic carbocycles. The molecular weight excluding hydrogens is 334 g/mol. The Morgan fingerprint density at radius 3 is 2.48 bits per heavy atom. The van der Waals surface area contributed by atoms with Gasteiger partial charge in [0.15, 0.2) is 5.54 Å². The zero-order valence-corrected chi connectivity index (χ0v) is 13.3. The molecule has 0 aliphatic heterocycles. The van der Waals surface area contributed by atoms with Gasteiger partial charge < -0.3 is 15.2 Å². The zero-order valence-electron chi connectivity index (χ0n) is 11.8. The molecule has 1 unspecified atom stereocenters. The predicted octanol–water partition coefficient (Wildman–Crippen LogP) is 3.66. The first-order valence-corrected chi connectivity index (χ1v) is 7.16. The van der Waals surface area contributed by atoms with E-state index in [1.54, 1.807) is 31.2 Å². The summed E-state index contributed by atoms with van der Waals surface area (Å²) in [5, 5.41) is 12.8. The second-order valence-corrected chi connectivity index (χ2v) is 5.71. The molecule has 0 radical (unpaired) electrons. The van der Waals surface area contributed by atoms with Crippen molar-refractivity contribution in [1.82, 2.24) is 0 Å². The molecule has 0 fully saturated rings. The lowest BCUT2D eigenvalue weighted by atomic mass is 9.91. The Morgan fingerprint density at radius 1 is 1.24 bits per heavy atom. The minimum atomic E-state index is -1.10. The van der Waals surface area contributed by atoms with Crippen molar-refractivity contribution in [3.8, 4) is 5.75 Å². The van der Waals surface area contributed by atoms with E-state index in [0.29, 0.717) is 5.56 Å². The Kier molecular flexibility index (Phi) is 4.53. The number of nitrogens with one attached hydrogen (secondary N) is 1. The van der Waals surface area contributed by atoms with Gasteiger partial charge in [-0.05, 0) is 48.9 Å². The van der Waals surface area contributed by atoms with Crippen LogP contribution in [0.15, 0.2) is 53.0 Å². The van der Waals surface area contributed by atoms with Crippen LogP contribution in [-0.2, 0) is 15.1 Å². The third-order valence-electron chi connectivity index (χ3n) is 3.26. The lowest BCUT2D eigenvalue weighted by Gasteiger charge is -2.29. The number of carbonyl (C=O) groups is 1. The molecule has 0 spiro atoms. The molecule has 0 amide bonds. The summed E-state index contributed by atoms with van der Waals surface area (Å²) in [5.74, 6) is -0.337. The number of halogens is 1. The van der Waals surface area contributed by atoms with Crippen LogP contribution in [-0.4, -0.2) is 18.2 Å². The van der Waals surface area contributed by atoms with E-state index in [0.717, 1.165) is 10.2 Å². The van der Waals surface area contributed by atoms with Crippen LogP contribution < -0.4 is 5.32 Å². The van der Waals surface area contributed by atoms with E-state index in [4.69, 9.17) is 4.74 Å². The van der Waals surface area contributed by atoms with Gasteiger partial charge in [-0.1, -0.05) is 28.1 Å². The zero-order chi connectivity index (χ0) is 15.5. The molecule has 0 heterocycles. The number of hydrogen-bond acceptors (Lipinski definition) is 4. The number of carbonyl (C=O) groups excluding carboxylic acids is 1. The maximum atomic E-state index is 12.2. The van der Waals surface area contributed by atoms with Gasteiger partial charge in [0.2, 0.25) is 0 Å². The van der Waals surface area contributed by atoms with Crippen LogP contribution in [0.5, 0.6) is 5.75 Å². The number of benzene rings is 2. The van der Waals surface area contributed by atoms with Crippen molar-refractivity contribution >= 4 is 27.6 Å². The monoisotopic (exact) mass is 349 g/mol. The van der Waals surface area contributed by atoms with Crippen molar-refractivity contribution < 1.29 is 14.6 Å².